The predicted octanol–water partition coefficient (Wildman–Crippen LogP) is 3.19. The number of carbonyl (C=O) groups excluding carboxylic acids is 1. The van der Waals surface area contributed by atoms with Crippen molar-refractivity contribution >= 4 is 27.6 Å². The minimum Gasteiger partial charge on any atom is -0.450 e. The van der Waals surface area contributed by atoms with E-state index in [0.29, 0.717) is 18.4 Å². The summed E-state index contributed by atoms with van der Waals surface area (Å²) in [5.74, 6) is -0.335. The molecule has 0 atom stereocenters. The van der Waals surface area contributed by atoms with Crippen molar-refractivity contribution in [2.24, 2.45) is 0 Å². The molecule has 2 heterocycles. The van der Waals surface area contributed by atoms with Crippen LogP contribution in [-0.4, -0.2) is 31.8 Å². The maximum atomic E-state index is 12.9. The molecule has 0 amide bonds. The fourth-order valence-corrected chi connectivity index (χ4v) is 5.53. The van der Waals surface area contributed by atoms with Gasteiger partial charge in [-0.3, -0.25) is 0 Å². The lowest BCUT2D eigenvalue weighted by Gasteiger charge is -2.38. The van der Waals surface area contributed by atoms with Gasteiger partial charge in [-0.05, 0) is 18.2 Å². The van der Waals surface area contributed by atoms with E-state index in [0.717, 1.165) is 5.56 Å². The van der Waals surface area contributed by atoms with Gasteiger partial charge in [0, 0.05) is 31.5 Å². The molecule has 0 N–H and O–H groups in total. The number of sulfonamides is 1. The molecule has 0 saturated carbocycles. The number of benzene rings is 2. The van der Waals surface area contributed by atoms with Crippen LogP contribution in [-0.2, 0) is 20.4 Å². The van der Waals surface area contributed by atoms with Crippen LogP contribution in [0.1, 0.15) is 28.8 Å². The number of hydrogen-bond donors (Lipinski definition) is 0. The zero-order chi connectivity index (χ0) is 17.7. The van der Waals surface area contributed by atoms with Crippen molar-refractivity contribution in [2.45, 2.75) is 23.3 Å². The summed E-state index contributed by atoms with van der Waals surface area (Å²) in [5.41, 5.74) is 0.708. The highest BCUT2D eigenvalue weighted by Gasteiger charge is 2.48. The Morgan fingerprint density at radius 3 is 2.36 bits per heavy atom. The minimum absolute atomic E-state index is 0.108. The van der Waals surface area contributed by atoms with E-state index in [1.807, 2.05) is 12.1 Å². The zero-order valence-corrected chi connectivity index (χ0v) is 14.9. The lowest BCUT2D eigenvalue weighted by Crippen LogP contribution is -2.45. The molecule has 25 heavy (non-hydrogen) atoms. The highest BCUT2D eigenvalue weighted by molar-refractivity contribution is 7.89. The van der Waals surface area contributed by atoms with Crippen LogP contribution in [0.5, 0.6) is 0 Å². The van der Waals surface area contributed by atoms with Crippen molar-refractivity contribution < 1.29 is 17.9 Å². The SMILES string of the molecule is O=C1OC2(CCN(S(=O)(=O)c3ccccc3Cl)CC2)c2ccccc21. The highest BCUT2D eigenvalue weighted by atomic mass is 35.5. The van der Waals surface area contributed by atoms with Crippen molar-refractivity contribution in [3.63, 3.8) is 0 Å². The number of esters is 1. The van der Waals surface area contributed by atoms with Gasteiger partial charge < -0.3 is 4.74 Å². The predicted molar refractivity (Wildman–Crippen MR) is 93.0 cm³/mol. The molecule has 0 aliphatic carbocycles. The summed E-state index contributed by atoms with van der Waals surface area (Å²) >= 11 is 6.06. The number of carbonyl (C=O) groups is 1. The van der Waals surface area contributed by atoms with Gasteiger partial charge in [0.1, 0.15) is 10.5 Å². The number of nitrogens with zero attached hydrogens (tertiary/aromatic N) is 1. The van der Waals surface area contributed by atoms with E-state index < -0.39 is 15.6 Å². The Morgan fingerprint density at radius 1 is 1.00 bits per heavy atom. The summed E-state index contributed by atoms with van der Waals surface area (Å²) < 4.78 is 32.8. The normalized spacial score (nSPS) is 19.6. The van der Waals surface area contributed by atoms with E-state index in [2.05, 4.69) is 0 Å². The Labute approximate surface area is 151 Å². The lowest BCUT2D eigenvalue weighted by atomic mass is 9.84. The van der Waals surface area contributed by atoms with Crippen LogP contribution in [0.3, 0.4) is 0 Å². The van der Waals surface area contributed by atoms with Crippen LogP contribution in [0, 0.1) is 0 Å². The molecule has 2 aliphatic rings. The third kappa shape index (κ3) is 2.56. The molecule has 1 saturated heterocycles. The Morgan fingerprint density at radius 2 is 1.64 bits per heavy atom. The van der Waals surface area contributed by atoms with Crippen LogP contribution in [0.2, 0.25) is 5.02 Å². The van der Waals surface area contributed by atoms with E-state index in [4.69, 9.17) is 16.3 Å². The molecule has 7 heteroatoms. The Bertz CT molecular complexity index is 949. The maximum absolute atomic E-state index is 12.9. The van der Waals surface area contributed by atoms with Crippen molar-refractivity contribution in [2.75, 3.05) is 13.1 Å². The van der Waals surface area contributed by atoms with Gasteiger partial charge in [-0.2, -0.15) is 4.31 Å². The van der Waals surface area contributed by atoms with Gasteiger partial charge in [0.2, 0.25) is 10.0 Å². The topological polar surface area (TPSA) is 63.7 Å². The summed E-state index contributed by atoms with van der Waals surface area (Å²) in [7, 11) is -3.67. The molecule has 130 valence electrons. The number of halogens is 1. The Hall–Kier alpha value is -1.89. The monoisotopic (exact) mass is 377 g/mol. The number of rotatable bonds is 2. The number of hydrogen-bond acceptors (Lipinski definition) is 4. The Balaban J connectivity index is 1.61. The number of ether oxygens (including phenoxy) is 1. The van der Waals surface area contributed by atoms with Crippen molar-refractivity contribution in [1.82, 2.24) is 4.31 Å². The first-order chi connectivity index (χ1) is 11.9. The third-order valence-corrected chi connectivity index (χ3v) is 7.31. The lowest BCUT2D eigenvalue weighted by molar-refractivity contribution is -0.0329. The molecule has 1 spiro atoms. The Kier molecular flexibility index (Phi) is 3.86. The van der Waals surface area contributed by atoms with Gasteiger partial charge in [-0.1, -0.05) is 41.9 Å². The number of piperidine rings is 1. The van der Waals surface area contributed by atoms with Crippen LogP contribution in [0.15, 0.2) is 53.4 Å². The average Bonchev–Trinajstić information content (AvgIpc) is 2.88. The first kappa shape index (κ1) is 16.6. The molecule has 4 rings (SSSR count). The first-order valence-electron chi connectivity index (χ1n) is 8.02. The second-order valence-electron chi connectivity index (χ2n) is 6.26. The summed E-state index contributed by atoms with van der Waals surface area (Å²) in [5, 5.41) is 0.209. The van der Waals surface area contributed by atoms with E-state index >= 15 is 0 Å². The molecule has 0 aromatic heterocycles. The second kappa shape index (κ2) is 5.83. The summed E-state index contributed by atoms with van der Waals surface area (Å²) in [6, 6.07) is 13.7. The maximum Gasteiger partial charge on any atom is 0.339 e. The summed E-state index contributed by atoms with van der Waals surface area (Å²) in [6.45, 7) is 0.546. The smallest absolute Gasteiger partial charge is 0.339 e. The van der Waals surface area contributed by atoms with Gasteiger partial charge in [-0.15, -0.1) is 0 Å². The van der Waals surface area contributed by atoms with Gasteiger partial charge in [0.15, 0.2) is 0 Å². The molecule has 5 nitrogen and oxygen atoms in total. The molecule has 2 aliphatic heterocycles. The van der Waals surface area contributed by atoms with Gasteiger partial charge in [-0.25, -0.2) is 13.2 Å². The standard InChI is InChI=1S/C18H16ClNO4S/c19-15-7-3-4-8-16(15)25(22,23)20-11-9-18(10-12-20)14-6-2-1-5-13(14)17(21)24-18/h1-8H,9-12H2. The zero-order valence-electron chi connectivity index (χ0n) is 13.3. The largest absolute Gasteiger partial charge is 0.450 e. The van der Waals surface area contributed by atoms with Crippen molar-refractivity contribution in [1.29, 1.82) is 0 Å². The molecular formula is C18H16ClNO4S. The fourth-order valence-electron chi connectivity index (χ4n) is 3.60. The third-order valence-electron chi connectivity index (χ3n) is 4.91. The minimum atomic E-state index is -3.67. The van der Waals surface area contributed by atoms with Crippen LogP contribution in [0.25, 0.3) is 0 Å². The molecule has 0 bridgehead atoms. The first-order valence-corrected chi connectivity index (χ1v) is 9.83. The van der Waals surface area contributed by atoms with Gasteiger partial charge in [0.05, 0.1) is 10.6 Å². The van der Waals surface area contributed by atoms with E-state index in [-0.39, 0.29) is 29.0 Å². The van der Waals surface area contributed by atoms with E-state index in [1.54, 1.807) is 30.3 Å². The number of fused-ring (bicyclic) bond motifs is 2. The van der Waals surface area contributed by atoms with Crippen molar-refractivity contribution in [3.05, 3.63) is 64.7 Å². The molecule has 1 fully saturated rings. The van der Waals surface area contributed by atoms with E-state index in [1.165, 1.54) is 10.4 Å². The van der Waals surface area contributed by atoms with Crippen molar-refractivity contribution in [3.8, 4) is 0 Å². The van der Waals surface area contributed by atoms with E-state index in [9.17, 15) is 13.2 Å². The summed E-state index contributed by atoms with van der Waals surface area (Å²) in [6.07, 6.45) is 0.860. The van der Waals surface area contributed by atoms with Crippen LogP contribution in [0.4, 0.5) is 0 Å². The molecule has 0 radical (unpaired) electrons. The quantitative estimate of drug-likeness (QED) is 0.754. The molecule has 2 aromatic carbocycles. The van der Waals surface area contributed by atoms with Crippen LogP contribution >= 0.6 is 11.6 Å². The van der Waals surface area contributed by atoms with Gasteiger partial charge in [0.25, 0.3) is 0 Å². The van der Waals surface area contributed by atoms with Gasteiger partial charge >= 0.3 is 5.97 Å². The second-order valence-corrected chi connectivity index (χ2v) is 8.58. The molecular weight excluding hydrogens is 362 g/mol. The average molecular weight is 378 g/mol. The fraction of sp³-hybridized carbons (Fsp3) is 0.278. The highest BCUT2D eigenvalue weighted by Crippen LogP contribution is 2.44. The van der Waals surface area contributed by atoms with Crippen LogP contribution < -0.4 is 0 Å². The molecule has 2 aromatic rings. The summed E-state index contributed by atoms with van der Waals surface area (Å²) in [4.78, 5) is 12.2. The molecule has 0 unspecified atom stereocenters.